The van der Waals surface area contributed by atoms with Crippen LogP contribution in [0.15, 0.2) is 36.5 Å². The van der Waals surface area contributed by atoms with Gasteiger partial charge in [-0.15, -0.1) is 11.3 Å². The summed E-state index contributed by atoms with van der Waals surface area (Å²) in [6, 6.07) is 9.62. The first-order valence-electron chi connectivity index (χ1n) is 8.77. The number of hydrogen-bond acceptors (Lipinski definition) is 5. The van der Waals surface area contributed by atoms with Gasteiger partial charge in [-0.05, 0) is 12.5 Å². The van der Waals surface area contributed by atoms with Crippen molar-refractivity contribution >= 4 is 17.2 Å². The van der Waals surface area contributed by atoms with Crippen molar-refractivity contribution in [2.24, 2.45) is 11.7 Å². The molecule has 0 radical (unpaired) electrons. The largest absolute Gasteiger partial charge is 0.340 e. The predicted octanol–water partition coefficient (Wildman–Crippen LogP) is 2.43. The number of carbonyl (C=O) groups is 1. The number of aromatic nitrogens is 1. The zero-order valence-electron chi connectivity index (χ0n) is 14.9. The van der Waals surface area contributed by atoms with Gasteiger partial charge in [0.05, 0.1) is 10.9 Å². The third kappa shape index (κ3) is 4.45. The monoisotopic (exact) mass is 358 g/mol. The predicted molar refractivity (Wildman–Crippen MR) is 101 cm³/mol. The summed E-state index contributed by atoms with van der Waals surface area (Å²) in [5, 5.41) is 1.10. The first-order chi connectivity index (χ1) is 12.0. The fourth-order valence-corrected chi connectivity index (χ4v) is 4.07. The van der Waals surface area contributed by atoms with E-state index in [1.807, 2.05) is 55.3 Å². The van der Waals surface area contributed by atoms with Crippen molar-refractivity contribution in [2.75, 3.05) is 26.2 Å². The number of thiazole rings is 1. The van der Waals surface area contributed by atoms with E-state index in [9.17, 15) is 4.79 Å². The summed E-state index contributed by atoms with van der Waals surface area (Å²) in [7, 11) is 0. The highest BCUT2D eigenvalue weighted by Gasteiger charge is 2.29. The van der Waals surface area contributed by atoms with Crippen LogP contribution in [0.5, 0.6) is 0 Å². The minimum Gasteiger partial charge on any atom is -0.340 e. The van der Waals surface area contributed by atoms with Gasteiger partial charge < -0.3 is 10.6 Å². The molecule has 1 fully saturated rings. The van der Waals surface area contributed by atoms with Crippen LogP contribution in [0.1, 0.15) is 28.4 Å². The molecule has 2 unspecified atom stereocenters. The van der Waals surface area contributed by atoms with E-state index < -0.39 is 0 Å². The molecule has 25 heavy (non-hydrogen) atoms. The fourth-order valence-electron chi connectivity index (χ4n) is 3.23. The lowest BCUT2D eigenvalue weighted by Crippen LogP contribution is -2.50. The second-order valence-corrected chi connectivity index (χ2v) is 7.99. The zero-order valence-corrected chi connectivity index (χ0v) is 15.7. The van der Waals surface area contributed by atoms with Crippen molar-refractivity contribution in [1.82, 2.24) is 14.8 Å². The van der Waals surface area contributed by atoms with Gasteiger partial charge in [0, 0.05) is 49.8 Å². The molecular weight excluding hydrogens is 332 g/mol. The molecule has 0 spiro atoms. The van der Waals surface area contributed by atoms with Crippen LogP contribution in [0.4, 0.5) is 0 Å². The van der Waals surface area contributed by atoms with Crippen LogP contribution in [0.25, 0.3) is 0 Å². The van der Waals surface area contributed by atoms with Crippen LogP contribution >= 0.6 is 11.3 Å². The smallest absolute Gasteiger partial charge is 0.227 e. The van der Waals surface area contributed by atoms with Gasteiger partial charge in [0.2, 0.25) is 5.91 Å². The lowest BCUT2D eigenvalue weighted by Gasteiger charge is -2.36. The molecule has 1 aromatic heterocycles. The first kappa shape index (κ1) is 18.0. The molecule has 2 heterocycles. The molecule has 1 saturated heterocycles. The maximum atomic E-state index is 12.8. The molecule has 0 bridgehead atoms. The molecule has 0 aliphatic carbocycles. The Morgan fingerprint density at radius 1 is 1.24 bits per heavy atom. The number of piperazine rings is 1. The van der Waals surface area contributed by atoms with Crippen molar-refractivity contribution in [1.29, 1.82) is 0 Å². The van der Waals surface area contributed by atoms with E-state index in [0.29, 0.717) is 0 Å². The Morgan fingerprint density at radius 2 is 1.92 bits per heavy atom. The Kier molecular flexibility index (Phi) is 5.83. The van der Waals surface area contributed by atoms with E-state index in [0.717, 1.165) is 43.3 Å². The van der Waals surface area contributed by atoms with Gasteiger partial charge in [-0.2, -0.15) is 0 Å². The number of benzene rings is 1. The Bertz CT molecular complexity index is 694. The van der Waals surface area contributed by atoms with E-state index in [4.69, 9.17) is 5.73 Å². The Morgan fingerprint density at radius 3 is 2.52 bits per heavy atom. The second kappa shape index (κ2) is 8.08. The van der Waals surface area contributed by atoms with Crippen LogP contribution in [0.3, 0.4) is 0 Å². The number of rotatable bonds is 5. The van der Waals surface area contributed by atoms with Crippen LogP contribution in [0.2, 0.25) is 0 Å². The average molecular weight is 359 g/mol. The van der Waals surface area contributed by atoms with E-state index in [2.05, 4.69) is 9.88 Å². The van der Waals surface area contributed by atoms with Gasteiger partial charge in [0.1, 0.15) is 0 Å². The van der Waals surface area contributed by atoms with E-state index in [1.165, 1.54) is 4.88 Å². The fraction of sp³-hybridized carbons (Fsp3) is 0.474. The number of aryl methyl sites for hydroxylation is 1. The molecule has 6 heteroatoms. The summed E-state index contributed by atoms with van der Waals surface area (Å²) < 4.78 is 0. The number of amides is 1. The second-order valence-electron chi connectivity index (χ2n) is 6.67. The number of nitrogens with two attached hydrogens (primary N) is 1. The zero-order chi connectivity index (χ0) is 17.8. The minimum atomic E-state index is -0.258. The molecule has 2 aromatic rings. The molecule has 3 rings (SSSR count). The molecule has 5 nitrogen and oxygen atoms in total. The Balaban J connectivity index is 1.52. The quantitative estimate of drug-likeness (QED) is 0.892. The molecule has 1 aromatic carbocycles. The summed E-state index contributed by atoms with van der Waals surface area (Å²) in [6.07, 6.45) is 1.96. The summed E-state index contributed by atoms with van der Waals surface area (Å²) in [6.45, 7) is 8.22. The van der Waals surface area contributed by atoms with E-state index in [-0.39, 0.29) is 17.9 Å². The highest BCUT2D eigenvalue weighted by Crippen LogP contribution is 2.22. The number of hydrogen-bond donors (Lipinski definition) is 1. The van der Waals surface area contributed by atoms with E-state index >= 15 is 0 Å². The van der Waals surface area contributed by atoms with Crippen LogP contribution in [-0.2, 0) is 11.3 Å². The number of nitrogens with zero attached hydrogens (tertiary/aromatic N) is 3. The van der Waals surface area contributed by atoms with Crippen LogP contribution in [0, 0.1) is 12.8 Å². The topological polar surface area (TPSA) is 62.5 Å². The molecule has 1 aliphatic rings. The van der Waals surface area contributed by atoms with Crippen molar-refractivity contribution in [3.05, 3.63) is 52.0 Å². The van der Waals surface area contributed by atoms with E-state index in [1.54, 1.807) is 11.3 Å². The normalized spacial score (nSPS) is 18.1. The highest BCUT2D eigenvalue weighted by atomic mass is 32.1. The van der Waals surface area contributed by atoms with Gasteiger partial charge >= 0.3 is 0 Å². The van der Waals surface area contributed by atoms with Gasteiger partial charge in [0.25, 0.3) is 0 Å². The molecule has 2 atom stereocenters. The third-order valence-electron chi connectivity index (χ3n) is 4.85. The van der Waals surface area contributed by atoms with Crippen LogP contribution in [-0.4, -0.2) is 46.9 Å². The average Bonchev–Trinajstić information content (AvgIpc) is 3.06. The maximum absolute atomic E-state index is 12.8. The Labute approximate surface area is 153 Å². The summed E-state index contributed by atoms with van der Waals surface area (Å²) in [5.41, 5.74) is 7.33. The molecule has 1 amide bonds. The maximum Gasteiger partial charge on any atom is 0.227 e. The Hall–Kier alpha value is -1.76. The van der Waals surface area contributed by atoms with Crippen LogP contribution < -0.4 is 5.73 Å². The standard InChI is InChI=1S/C19H26N4OS/c1-14(18(20)16-6-4-3-5-7-16)19(24)23-10-8-22(9-11-23)13-17-12-21-15(2)25-17/h3-7,12,14,18H,8-11,13,20H2,1-2H3. The van der Waals surface area contributed by atoms with Crippen molar-refractivity contribution < 1.29 is 4.79 Å². The van der Waals surface area contributed by atoms with Gasteiger partial charge in [0.15, 0.2) is 0 Å². The summed E-state index contributed by atoms with van der Waals surface area (Å²) >= 11 is 1.75. The lowest BCUT2D eigenvalue weighted by molar-refractivity contribution is -0.137. The minimum absolute atomic E-state index is 0.157. The molecule has 2 N–H and O–H groups in total. The van der Waals surface area contributed by atoms with Crippen molar-refractivity contribution in [2.45, 2.75) is 26.4 Å². The molecule has 134 valence electrons. The van der Waals surface area contributed by atoms with Gasteiger partial charge in [-0.25, -0.2) is 4.98 Å². The highest BCUT2D eigenvalue weighted by molar-refractivity contribution is 7.11. The summed E-state index contributed by atoms with van der Waals surface area (Å²) in [4.78, 5) is 22.7. The third-order valence-corrected chi connectivity index (χ3v) is 5.74. The van der Waals surface area contributed by atoms with Gasteiger partial charge in [-0.3, -0.25) is 9.69 Å². The first-order valence-corrected chi connectivity index (χ1v) is 9.59. The van der Waals surface area contributed by atoms with Crippen molar-refractivity contribution in [3.8, 4) is 0 Å². The van der Waals surface area contributed by atoms with Gasteiger partial charge in [-0.1, -0.05) is 37.3 Å². The SMILES string of the molecule is Cc1ncc(CN2CCN(C(=O)C(C)C(N)c3ccccc3)CC2)s1. The van der Waals surface area contributed by atoms with Crippen molar-refractivity contribution in [3.63, 3.8) is 0 Å². The molecule has 0 saturated carbocycles. The molecular formula is C19H26N4OS. The molecule has 1 aliphatic heterocycles. The number of carbonyl (C=O) groups excluding carboxylic acids is 1. The summed E-state index contributed by atoms with van der Waals surface area (Å²) in [5.74, 6) is -0.0530. The lowest BCUT2D eigenvalue weighted by atomic mass is 9.94.